The molecule has 0 aromatic heterocycles. The van der Waals surface area contributed by atoms with Crippen LogP contribution in [0.5, 0.6) is 0 Å². The maximum absolute atomic E-state index is 6.43. The number of rotatable bonds is 4. The molecule has 2 aliphatic rings. The topological polar surface area (TPSA) is 18.5 Å². The molecule has 0 aliphatic heterocycles. The van der Waals surface area contributed by atoms with Crippen LogP contribution in [0.2, 0.25) is 39.3 Å². The van der Waals surface area contributed by atoms with E-state index in [1.807, 2.05) is 0 Å². The van der Waals surface area contributed by atoms with Crippen molar-refractivity contribution < 1.29 is 8.85 Å². The van der Waals surface area contributed by atoms with Crippen LogP contribution < -0.4 is 0 Å². The first-order valence-corrected chi connectivity index (χ1v) is 15.1. The third-order valence-electron chi connectivity index (χ3n) is 4.36. The van der Waals surface area contributed by atoms with Crippen molar-refractivity contribution in [2.24, 2.45) is 11.3 Å². The summed E-state index contributed by atoms with van der Waals surface area (Å²) in [6.07, 6.45) is 9.26. The molecule has 0 saturated heterocycles. The van der Waals surface area contributed by atoms with Gasteiger partial charge in [-0.05, 0) is 76.6 Å². The van der Waals surface area contributed by atoms with Crippen LogP contribution in [0.25, 0.3) is 0 Å². The van der Waals surface area contributed by atoms with E-state index >= 15 is 0 Å². The Morgan fingerprint density at radius 3 is 2.19 bits per heavy atom. The molecule has 0 radical (unpaired) electrons. The summed E-state index contributed by atoms with van der Waals surface area (Å²) in [7, 11) is -3.02. The Hall–Kier alpha value is -0.486. The van der Waals surface area contributed by atoms with Gasteiger partial charge in [-0.25, -0.2) is 0 Å². The quantitative estimate of drug-likeness (QED) is 0.620. The molecule has 0 fully saturated rings. The van der Waals surface area contributed by atoms with Crippen molar-refractivity contribution in [1.29, 1.82) is 0 Å². The van der Waals surface area contributed by atoms with Crippen molar-refractivity contribution in [3.63, 3.8) is 0 Å². The van der Waals surface area contributed by atoms with Crippen LogP contribution in [-0.2, 0) is 8.85 Å². The van der Waals surface area contributed by atoms with E-state index in [1.165, 1.54) is 17.9 Å². The van der Waals surface area contributed by atoms with Gasteiger partial charge >= 0.3 is 0 Å². The first kappa shape index (κ1) is 16.9. The zero-order valence-corrected chi connectivity index (χ0v) is 16.9. The monoisotopic (exact) mass is 324 g/mol. The SMILES string of the molecule is C[C@]12CC=C(O[Si](C)(C)C)C[C@H]1CCC=C2O[Si](C)(C)C. The zero-order valence-electron chi connectivity index (χ0n) is 14.9. The Morgan fingerprint density at radius 2 is 1.62 bits per heavy atom. The molecule has 0 N–H and O–H groups in total. The van der Waals surface area contributed by atoms with E-state index in [-0.39, 0.29) is 5.41 Å². The van der Waals surface area contributed by atoms with Gasteiger partial charge in [0, 0.05) is 11.8 Å². The first-order chi connectivity index (χ1) is 9.50. The van der Waals surface area contributed by atoms with Crippen LogP contribution in [-0.4, -0.2) is 16.6 Å². The van der Waals surface area contributed by atoms with Crippen LogP contribution in [0.1, 0.15) is 32.6 Å². The molecule has 2 aliphatic carbocycles. The third kappa shape index (κ3) is 4.25. The fourth-order valence-electron chi connectivity index (χ4n) is 3.38. The van der Waals surface area contributed by atoms with E-state index in [2.05, 4.69) is 58.4 Å². The Kier molecular flexibility index (Phi) is 4.51. The summed E-state index contributed by atoms with van der Waals surface area (Å²) in [5, 5.41) is 0. The Balaban J connectivity index is 2.18. The molecule has 0 aromatic rings. The molecule has 120 valence electrons. The molecule has 4 heteroatoms. The predicted octanol–water partition coefficient (Wildman–Crippen LogP) is 5.67. The minimum absolute atomic E-state index is 0.185. The second kappa shape index (κ2) is 5.61. The maximum atomic E-state index is 6.43. The second-order valence-corrected chi connectivity index (χ2v) is 17.6. The van der Waals surface area contributed by atoms with Crippen LogP contribution >= 0.6 is 0 Å². The van der Waals surface area contributed by atoms with E-state index in [9.17, 15) is 0 Å². The largest absolute Gasteiger partial charge is 0.548 e. The Bertz CT molecular complexity index is 454. The van der Waals surface area contributed by atoms with Crippen molar-refractivity contribution >= 4 is 16.6 Å². The summed E-state index contributed by atoms with van der Waals surface area (Å²) < 4.78 is 12.7. The summed E-state index contributed by atoms with van der Waals surface area (Å²) in [6, 6.07) is 0. The zero-order chi connectivity index (χ0) is 15.9. The lowest BCUT2D eigenvalue weighted by atomic mass is 9.64. The molecule has 21 heavy (non-hydrogen) atoms. The standard InChI is InChI=1S/C17H32O2Si2/c1-17-12-11-15(18-20(2,3)4)13-14(17)9-8-10-16(17)19-21(5,6)7/h10-11,14H,8-9,12-13H2,1-7H3/t14-,17+/m1/s1. The summed E-state index contributed by atoms with van der Waals surface area (Å²) >= 11 is 0. The highest BCUT2D eigenvalue weighted by Crippen LogP contribution is 2.51. The molecule has 0 bridgehead atoms. The highest BCUT2D eigenvalue weighted by Gasteiger charge is 2.44. The summed E-state index contributed by atoms with van der Waals surface area (Å²) in [6.45, 7) is 16.0. The van der Waals surface area contributed by atoms with Gasteiger partial charge in [-0.15, -0.1) is 0 Å². The molecule has 0 heterocycles. The summed E-state index contributed by atoms with van der Waals surface area (Å²) in [5.74, 6) is 3.18. The number of hydrogen-bond donors (Lipinski definition) is 0. The van der Waals surface area contributed by atoms with E-state index in [0.29, 0.717) is 5.92 Å². The first-order valence-electron chi connectivity index (χ1n) is 8.27. The van der Waals surface area contributed by atoms with Gasteiger partial charge < -0.3 is 8.85 Å². The van der Waals surface area contributed by atoms with Crippen molar-refractivity contribution in [1.82, 2.24) is 0 Å². The number of hydrogen-bond acceptors (Lipinski definition) is 2. The van der Waals surface area contributed by atoms with Crippen molar-refractivity contribution in [2.45, 2.75) is 71.9 Å². The van der Waals surface area contributed by atoms with Crippen molar-refractivity contribution in [3.05, 3.63) is 23.7 Å². The third-order valence-corrected chi connectivity index (χ3v) is 6.07. The normalized spacial score (nSPS) is 30.1. The lowest BCUT2D eigenvalue weighted by Gasteiger charge is -2.46. The van der Waals surface area contributed by atoms with Crippen LogP contribution in [0, 0.1) is 11.3 Å². The second-order valence-electron chi connectivity index (χ2n) is 8.77. The van der Waals surface area contributed by atoms with Crippen LogP contribution in [0.3, 0.4) is 0 Å². The average Bonchev–Trinajstić information content (AvgIpc) is 2.27. The van der Waals surface area contributed by atoms with Gasteiger partial charge in [-0.2, -0.15) is 0 Å². The van der Waals surface area contributed by atoms with Crippen molar-refractivity contribution in [2.75, 3.05) is 0 Å². The van der Waals surface area contributed by atoms with Gasteiger partial charge in [0.05, 0.1) is 11.5 Å². The minimum atomic E-state index is -1.54. The summed E-state index contributed by atoms with van der Waals surface area (Å²) in [5.41, 5.74) is 0.185. The molecule has 0 aromatic carbocycles. The highest BCUT2D eigenvalue weighted by molar-refractivity contribution is 6.70. The predicted molar refractivity (Wildman–Crippen MR) is 95.1 cm³/mol. The molecule has 0 saturated carbocycles. The average molecular weight is 325 g/mol. The van der Waals surface area contributed by atoms with Crippen LogP contribution in [0.15, 0.2) is 23.7 Å². The van der Waals surface area contributed by atoms with E-state index in [0.717, 1.165) is 19.3 Å². The number of fused-ring (bicyclic) bond motifs is 1. The van der Waals surface area contributed by atoms with Gasteiger partial charge in [0.2, 0.25) is 16.6 Å². The number of allylic oxidation sites excluding steroid dienone is 4. The highest BCUT2D eigenvalue weighted by atomic mass is 28.4. The van der Waals surface area contributed by atoms with Gasteiger partial charge in [-0.3, -0.25) is 0 Å². The molecule has 2 atom stereocenters. The Labute approximate surface area is 132 Å². The Morgan fingerprint density at radius 1 is 1.00 bits per heavy atom. The maximum Gasteiger partial charge on any atom is 0.241 e. The minimum Gasteiger partial charge on any atom is -0.548 e. The fraction of sp³-hybridized carbons (Fsp3) is 0.765. The molecule has 0 unspecified atom stereocenters. The molecular formula is C17H32O2Si2. The van der Waals surface area contributed by atoms with Crippen molar-refractivity contribution in [3.8, 4) is 0 Å². The van der Waals surface area contributed by atoms with Crippen LogP contribution in [0.4, 0.5) is 0 Å². The molecular weight excluding hydrogens is 292 g/mol. The van der Waals surface area contributed by atoms with Gasteiger partial charge in [0.15, 0.2) is 0 Å². The molecule has 2 nitrogen and oxygen atoms in total. The summed E-state index contributed by atoms with van der Waals surface area (Å²) in [4.78, 5) is 0. The molecule has 0 amide bonds. The van der Waals surface area contributed by atoms with E-state index < -0.39 is 16.6 Å². The molecule has 2 rings (SSSR count). The lowest BCUT2D eigenvalue weighted by molar-refractivity contribution is 0.115. The van der Waals surface area contributed by atoms with E-state index in [4.69, 9.17) is 8.85 Å². The fourth-order valence-corrected chi connectivity index (χ4v) is 5.31. The smallest absolute Gasteiger partial charge is 0.241 e. The van der Waals surface area contributed by atoms with Gasteiger partial charge in [0.25, 0.3) is 0 Å². The van der Waals surface area contributed by atoms with E-state index in [1.54, 1.807) is 0 Å². The molecule has 0 spiro atoms. The van der Waals surface area contributed by atoms with Gasteiger partial charge in [-0.1, -0.05) is 6.92 Å². The lowest BCUT2D eigenvalue weighted by Crippen LogP contribution is -2.40. The van der Waals surface area contributed by atoms with Gasteiger partial charge in [0.1, 0.15) is 0 Å².